The van der Waals surface area contributed by atoms with E-state index in [4.69, 9.17) is 4.74 Å². The predicted molar refractivity (Wildman–Crippen MR) is 48.2 cm³/mol. The minimum Gasteiger partial charge on any atom is -0.454 e. The molecule has 0 aromatic carbocycles. The lowest BCUT2D eigenvalue weighted by atomic mass is 9.83. The van der Waals surface area contributed by atoms with Gasteiger partial charge in [-0.1, -0.05) is 13.3 Å². The second kappa shape index (κ2) is 3.48. The number of esters is 1. The normalized spacial score (nSPS) is 27.2. The van der Waals surface area contributed by atoms with Gasteiger partial charge in [0.15, 0.2) is 11.9 Å². The highest BCUT2D eigenvalue weighted by atomic mass is 16.5. The van der Waals surface area contributed by atoms with Crippen LogP contribution in [0, 0.1) is 5.41 Å². The molecule has 0 N–H and O–H groups in total. The maximum Gasteiger partial charge on any atom is 0.312 e. The Labute approximate surface area is 78.5 Å². The average Bonchev–Trinajstić information content (AvgIpc) is 2.00. The summed E-state index contributed by atoms with van der Waals surface area (Å²) in [5.41, 5.74) is -0.624. The van der Waals surface area contributed by atoms with E-state index in [0.717, 1.165) is 6.42 Å². The molecule has 0 aromatic heterocycles. The number of carbonyl (C=O) groups excluding carboxylic acids is 2. The molecule has 3 heteroatoms. The largest absolute Gasteiger partial charge is 0.454 e. The van der Waals surface area contributed by atoms with Gasteiger partial charge >= 0.3 is 5.97 Å². The van der Waals surface area contributed by atoms with E-state index in [1.54, 1.807) is 13.8 Å². The smallest absolute Gasteiger partial charge is 0.312 e. The second-order valence-corrected chi connectivity index (χ2v) is 4.21. The van der Waals surface area contributed by atoms with Gasteiger partial charge in [0.1, 0.15) is 0 Å². The summed E-state index contributed by atoms with van der Waals surface area (Å²) in [5, 5.41) is 0. The summed E-state index contributed by atoms with van der Waals surface area (Å²) in [6.07, 6.45) is 1.35. The number of hydrogen-bond acceptors (Lipinski definition) is 3. The third-order valence-corrected chi connectivity index (χ3v) is 2.33. The summed E-state index contributed by atoms with van der Waals surface area (Å²) in [7, 11) is 0. The van der Waals surface area contributed by atoms with Gasteiger partial charge in [-0.2, -0.15) is 0 Å². The first-order valence-electron chi connectivity index (χ1n) is 4.71. The Balaban J connectivity index is 2.68. The van der Waals surface area contributed by atoms with Crippen molar-refractivity contribution in [2.24, 2.45) is 5.41 Å². The van der Waals surface area contributed by atoms with Crippen LogP contribution in [0.4, 0.5) is 0 Å². The zero-order valence-electron chi connectivity index (χ0n) is 8.42. The molecular formula is C10H16O3. The molecule has 1 aliphatic heterocycles. The van der Waals surface area contributed by atoms with Crippen molar-refractivity contribution in [1.29, 1.82) is 0 Å². The molecule has 1 saturated heterocycles. The lowest BCUT2D eigenvalue weighted by Gasteiger charge is -2.31. The fourth-order valence-corrected chi connectivity index (χ4v) is 1.46. The molecule has 0 spiro atoms. The standard InChI is InChI=1S/C10H16O3/c1-4-5-8-7(11)6-10(2,3)9(12)13-8/h8H,4-6H2,1-3H3. The Kier molecular flexibility index (Phi) is 2.74. The Morgan fingerprint density at radius 2 is 2.08 bits per heavy atom. The van der Waals surface area contributed by atoms with Crippen molar-refractivity contribution in [3.8, 4) is 0 Å². The van der Waals surface area contributed by atoms with Gasteiger partial charge in [-0.05, 0) is 20.3 Å². The number of cyclic esters (lactones) is 1. The molecule has 1 heterocycles. The Hall–Kier alpha value is -0.860. The molecule has 0 amide bonds. The maximum absolute atomic E-state index is 11.5. The fraction of sp³-hybridized carbons (Fsp3) is 0.800. The Morgan fingerprint density at radius 1 is 1.46 bits per heavy atom. The van der Waals surface area contributed by atoms with Gasteiger partial charge < -0.3 is 4.74 Å². The molecule has 0 aliphatic carbocycles. The molecule has 0 radical (unpaired) electrons. The Bertz CT molecular complexity index is 230. The van der Waals surface area contributed by atoms with E-state index in [2.05, 4.69) is 0 Å². The van der Waals surface area contributed by atoms with E-state index in [1.165, 1.54) is 0 Å². The molecule has 13 heavy (non-hydrogen) atoms. The number of rotatable bonds is 2. The van der Waals surface area contributed by atoms with E-state index in [1.807, 2.05) is 6.92 Å². The van der Waals surface area contributed by atoms with Crippen LogP contribution in [0.15, 0.2) is 0 Å². The van der Waals surface area contributed by atoms with Gasteiger partial charge in [0.2, 0.25) is 0 Å². The molecule has 1 rings (SSSR count). The molecule has 0 bridgehead atoms. The number of carbonyl (C=O) groups is 2. The number of ketones is 1. The van der Waals surface area contributed by atoms with Gasteiger partial charge in [0, 0.05) is 6.42 Å². The van der Waals surface area contributed by atoms with Gasteiger partial charge in [0.05, 0.1) is 5.41 Å². The molecule has 0 saturated carbocycles. The molecule has 0 aromatic rings. The van der Waals surface area contributed by atoms with Gasteiger partial charge in [-0.15, -0.1) is 0 Å². The van der Waals surface area contributed by atoms with Crippen molar-refractivity contribution in [2.45, 2.75) is 46.1 Å². The first kappa shape index (κ1) is 10.2. The molecule has 1 fully saturated rings. The highest BCUT2D eigenvalue weighted by molar-refractivity contribution is 5.94. The topological polar surface area (TPSA) is 43.4 Å². The number of ether oxygens (including phenoxy) is 1. The van der Waals surface area contributed by atoms with E-state index >= 15 is 0 Å². The summed E-state index contributed by atoms with van der Waals surface area (Å²) < 4.78 is 5.07. The SMILES string of the molecule is CCCC1OC(=O)C(C)(C)CC1=O. The first-order chi connectivity index (χ1) is 5.97. The molecule has 1 unspecified atom stereocenters. The van der Waals surface area contributed by atoms with Crippen LogP contribution in [0.3, 0.4) is 0 Å². The summed E-state index contributed by atoms with van der Waals surface area (Å²) in [6.45, 7) is 5.46. The van der Waals surface area contributed by atoms with Crippen LogP contribution >= 0.6 is 0 Å². The van der Waals surface area contributed by atoms with Crippen LogP contribution < -0.4 is 0 Å². The zero-order chi connectivity index (χ0) is 10.1. The third-order valence-electron chi connectivity index (χ3n) is 2.33. The highest BCUT2D eigenvalue weighted by Gasteiger charge is 2.41. The van der Waals surface area contributed by atoms with Crippen molar-refractivity contribution in [3.63, 3.8) is 0 Å². The molecule has 3 nitrogen and oxygen atoms in total. The number of hydrogen-bond donors (Lipinski definition) is 0. The van der Waals surface area contributed by atoms with E-state index in [9.17, 15) is 9.59 Å². The van der Waals surface area contributed by atoms with Crippen molar-refractivity contribution < 1.29 is 14.3 Å². The minimum absolute atomic E-state index is 0.0615. The van der Waals surface area contributed by atoms with Crippen molar-refractivity contribution >= 4 is 11.8 Å². The molecular weight excluding hydrogens is 168 g/mol. The van der Waals surface area contributed by atoms with E-state index in [0.29, 0.717) is 12.8 Å². The lowest BCUT2D eigenvalue weighted by molar-refractivity contribution is -0.173. The van der Waals surface area contributed by atoms with Crippen LogP contribution in [-0.4, -0.2) is 17.9 Å². The lowest BCUT2D eigenvalue weighted by Crippen LogP contribution is -2.43. The first-order valence-corrected chi connectivity index (χ1v) is 4.71. The fourth-order valence-electron chi connectivity index (χ4n) is 1.46. The zero-order valence-corrected chi connectivity index (χ0v) is 8.42. The quantitative estimate of drug-likeness (QED) is 0.613. The average molecular weight is 184 g/mol. The number of Topliss-reactive ketones (excluding diaryl/α,β-unsaturated/α-hetero) is 1. The molecule has 1 atom stereocenters. The monoisotopic (exact) mass is 184 g/mol. The molecule has 1 aliphatic rings. The Morgan fingerprint density at radius 3 is 2.62 bits per heavy atom. The predicted octanol–water partition coefficient (Wildman–Crippen LogP) is 1.70. The van der Waals surface area contributed by atoms with Crippen LogP contribution in [-0.2, 0) is 14.3 Å². The third kappa shape index (κ3) is 2.08. The van der Waals surface area contributed by atoms with Gasteiger partial charge in [0.25, 0.3) is 0 Å². The highest BCUT2D eigenvalue weighted by Crippen LogP contribution is 2.30. The molecule has 74 valence electrons. The second-order valence-electron chi connectivity index (χ2n) is 4.21. The van der Waals surface area contributed by atoms with Crippen LogP contribution in [0.1, 0.15) is 40.0 Å². The van der Waals surface area contributed by atoms with Crippen LogP contribution in [0.5, 0.6) is 0 Å². The van der Waals surface area contributed by atoms with E-state index in [-0.39, 0.29) is 11.8 Å². The maximum atomic E-state index is 11.5. The van der Waals surface area contributed by atoms with Crippen molar-refractivity contribution in [3.05, 3.63) is 0 Å². The van der Waals surface area contributed by atoms with E-state index < -0.39 is 11.5 Å². The minimum atomic E-state index is -0.624. The van der Waals surface area contributed by atoms with Gasteiger partial charge in [-0.25, -0.2) is 0 Å². The summed E-state index contributed by atoms with van der Waals surface area (Å²) in [4.78, 5) is 22.8. The summed E-state index contributed by atoms with van der Waals surface area (Å²) >= 11 is 0. The van der Waals surface area contributed by atoms with Crippen molar-refractivity contribution in [2.75, 3.05) is 0 Å². The van der Waals surface area contributed by atoms with Crippen LogP contribution in [0.25, 0.3) is 0 Å². The van der Waals surface area contributed by atoms with Crippen LogP contribution in [0.2, 0.25) is 0 Å². The van der Waals surface area contributed by atoms with Gasteiger partial charge in [-0.3, -0.25) is 9.59 Å². The summed E-state index contributed by atoms with van der Waals surface area (Å²) in [6, 6.07) is 0. The van der Waals surface area contributed by atoms with Crippen molar-refractivity contribution in [1.82, 2.24) is 0 Å². The summed E-state index contributed by atoms with van der Waals surface area (Å²) in [5.74, 6) is -0.183.